The molecule has 1 fully saturated rings. The molecular formula is C22H30ClN5O3. The number of hydrogen-bond acceptors (Lipinski definition) is 7. The minimum absolute atomic E-state index is 0.176. The number of nitrogens with zero attached hydrogens (tertiary/aromatic N) is 3. The third kappa shape index (κ3) is 5.31. The fourth-order valence-corrected chi connectivity index (χ4v) is 4.40. The smallest absolute Gasteiger partial charge is 0.404 e. The average molecular weight is 448 g/mol. The van der Waals surface area contributed by atoms with Gasteiger partial charge in [-0.25, -0.2) is 14.8 Å². The third-order valence-electron chi connectivity index (χ3n) is 5.71. The van der Waals surface area contributed by atoms with Gasteiger partial charge in [-0.1, -0.05) is 45.4 Å². The van der Waals surface area contributed by atoms with Gasteiger partial charge in [0, 0.05) is 18.5 Å². The molecule has 1 saturated heterocycles. The first-order valence-corrected chi connectivity index (χ1v) is 10.6. The number of benzene rings is 1. The summed E-state index contributed by atoms with van der Waals surface area (Å²) in [7, 11) is 0. The van der Waals surface area contributed by atoms with Crippen LogP contribution in [0.2, 0.25) is 5.02 Å². The molecule has 0 aliphatic carbocycles. The molecule has 0 bridgehead atoms. The van der Waals surface area contributed by atoms with E-state index in [0.29, 0.717) is 22.3 Å². The first-order valence-electron chi connectivity index (χ1n) is 10.2. The Kier molecular flexibility index (Phi) is 6.50. The van der Waals surface area contributed by atoms with Gasteiger partial charge in [0.05, 0.1) is 18.1 Å². The summed E-state index contributed by atoms with van der Waals surface area (Å²) in [5.41, 5.74) is 11.2. The van der Waals surface area contributed by atoms with Crippen LogP contribution < -0.4 is 21.1 Å². The van der Waals surface area contributed by atoms with Gasteiger partial charge in [0.25, 0.3) is 0 Å². The molecule has 0 saturated carbocycles. The van der Waals surface area contributed by atoms with Gasteiger partial charge in [-0.2, -0.15) is 0 Å². The van der Waals surface area contributed by atoms with Crippen LogP contribution in [0.3, 0.4) is 0 Å². The number of halogens is 1. The molecule has 1 aromatic carbocycles. The first-order chi connectivity index (χ1) is 14.5. The maximum absolute atomic E-state index is 11.5. The predicted molar refractivity (Wildman–Crippen MR) is 121 cm³/mol. The maximum Gasteiger partial charge on any atom is 0.404 e. The lowest BCUT2D eigenvalue weighted by Crippen LogP contribution is -2.51. The Morgan fingerprint density at radius 3 is 2.45 bits per heavy atom. The van der Waals surface area contributed by atoms with Crippen LogP contribution in [-0.4, -0.2) is 35.3 Å². The highest BCUT2D eigenvalue weighted by Gasteiger charge is 2.45. The van der Waals surface area contributed by atoms with E-state index in [0.717, 1.165) is 31.7 Å². The van der Waals surface area contributed by atoms with Crippen LogP contribution in [0.25, 0.3) is 0 Å². The lowest BCUT2D eigenvalue weighted by Gasteiger charge is -2.48. The van der Waals surface area contributed by atoms with Crippen LogP contribution in [0.15, 0.2) is 30.6 Å². The molecule has 9 heteroatoms. The molecule has 8 nitrogen and oxygen atoms in total. The fourth-order valence-electron chi connectivity index (χ4n) is 4.23. The number of piperidine rings is 1. The molecule has 2 aromatic rings. The van der Waals surface area contributed by atoms with Crippen molar-refractivity contribution in [3.63, 3.8) is 0 Å². The van der Waals surface area contributed by atoms with E-state index in [1.54, 1.807) is 30.6 Å². The molecule has 1 atom stereocenters. The Balaban J connectivity index is 1.66. The van der Waals surface area contributed by atoms with Gasteiger partial charge in [0.1, 0.15) is 22.7 Å². The van der Waals surface area contributed by atoms with Crippen molar-refractivity contribution in [3.05, 3.63) is 35.6 Å². The number of carbonyl (C=O) groups excluding carboxylic acids is 1. The number of carbonyl (C=O) groups is 1. The summed E-state index contributed by atoms with van der Waals surface area (Å²) in [6, 6.07) is 5.18. The maximum atomic E-state index is 11.5. The molecule has 31 heavy (non-hydrogen) atoms. The monoisotopic (exact) mass is 447 g/mol. The standard InChI is InChI=1S/C22H30ClN5O3/c1-21(2,3)19(31-20(25)29)22(4)8-10-28(11-9-22)16-12-27-17(13-26-16)30-15-7-5-6-14(24)18(15)23/h5-7,12-13,19H,8-11,24H2,1-4H3,(H2,25,29). The zero-order valence-electron chi connectivity index (χ0n) is 18.4. The van der Waals surface area contributed by atoms with Gasteiger partial charge in [-0.05, 0) is 30.4 Å². The number of nitrogen functional groups attached to an aromatic ring is 1. The number of rotatable bonds is 5. The van der Waals surface area contributed by atoms with Crippen molar-refractivity contribution in [2.75, 3.05) is 23.7 Å². The normalized spacial score (nSPS) is 17.1. The molecule has 0 radical (unpaired) electrons. The largest absolute Gasteiger partial charge is 0.445 e. The lowest BCUT2D eigenvalue weighted by molar-refractivity contribution is -0.0598. The highest BCUT2D eigenvalue weighted by atomic mass is 35.5. The lowest BCUT2D eigenvalue weighted by atomic mass is 9.67. The summed E-state index contributed by atoms with van der Waals surface area (Å²) in [6.07, 6.45) is 3.91. The highest BCUT2D eigenvalue weighted by Crippen LogP contribution is 2.44. The Bertz CT molecular complexity index is 922. The summed E-state index contributed by atoms with van der Waals surface area (Å²) in [5.74, 6) is 1.53. The Morgan fingerprint density at radius 1 is 1.23 bits per heavy atom. The molecule has 1 aromatic heterocycles. The van der Waals surface area contributed by atoms with Crippen LogP contribution in [0, 0.1) is 10.8 Å². The summed E-state index contributed by atoms with van der Waals surface area (Å²) in [6.45, 7) is 9.88. The second-order valence-electron chi connectivity index (χ2n) is 9.30. The molecule has 0 spiro atoms. The Morgan fingerprint density at radius 2 is 1.90 bits per heavy atom. The fraction of sp³-hybridized carbons (Fsp3) is 0.500. The average Bonchev–Trinajstić information content (AvgIpc) is 2.70. The van der Waals surface area contributed by atoms with Gasteiger partial charge in [0.2, 0.25) is 5.88 Å². The number of amides is 1. The summed E-state index contributed by atoms with van der Waals surface area (Å²) in [4.78, 5) is 22.5. The zero-order valence-corrected chi connectivity index (χ0v) is 19.1. The molecule has 3 rings (SSSR count). The molecule has 1 amide bonds. The number of hydrogen-bond donors (Lipinski definition) is 2. The SMILES string of the molecule is CC(C)(C)C(OC(N)=O)C1(C)CCN(c2cnc(Oc3cccc(N)c3Cl)cn2)CC1. The molecule has 1 unspecified atom stereocenters. The second kappa shape index (κ2) is 8.78. The van der Waals surface area contributed by atoms with E-state index in [1.165, 1.54) is 0 Å². The van der Waals surface area contributed by atoms with Crippen molar-refractivity contribution in [1.29, 1.82) is 0 Å². The van der Waals surface area contributed by atoms with E-state index in [-0.39, 0.29) is 16.9 Å². The van der Waals surface area contributed by atoms with Crippen LogP contribution in [0.5, 0.6) is 11.6 Å². The van der Waals surface area contributed by atoms with Crippen molar-refractivity contribution >= 4 is 29.2 Å². The molecule has 1 aliphatic heterocycles. The quantitative estimate of drug-likeness (QED) is 0.642. The van der Waals surface area contributed by atoms with Gasteiger partial charge in [0.15, 0.2) is 0 Å². The Hall–Kier alpha value is -2.74. The molecule has 168 valence electrons. The van der Waals surface area contributed by atoms with Gasteiger partial charge >= 0.3 is 6.09 Å². The first kappa shape index (κ1) is 22.9. The van der Waals surface area contributed by atoms with E-state index >= 15 is 0 Å². The molecule has 1 aliphatic rings. The second-order valence-corrected chi connectivity index (χ2v) is 9.68. The number of primary amides is 1. The summed E-state index contributed by atoms with van der Waals surface area (Å²) in [5, 5.41) is 0.343. The number of anilines is 2. The topological polar surface area (TPSA) is 117 Å². The van der Waals surface area contributed by atoms with Gasteiger partial charge < -0.3 is 25.8 Å². The van der Waals surface area contributed by atoms with E-state index in [4.69, 9.17) is 32.5 Å². The van der Waals surface area contributed by atoms with Gasteiger partial charge in [-0.3, -0.25) is 0 Å². The highest BCUT2D eigenvalue weighted by molar-refractivity contribution is 6.34. The minimum atomic E-state index is -0.731. The number of aromatic nitrogens is 2. The van der Waals surface area contributed by atoms with Crippen LogP contribution in [0.1, 0.15) is 40.5 Å². The molecule has 2 heterocycles. The molecule has 4 N–H and O–H groups in total. The van der Waals surface area contributed by atoms with Gasteiger partial charge in [-0.15, -0.1) is 0 Å². The van der Waals surface area contributed by atoms with Crippen molar-refractivity contribution < 1.29 is 14.3 Å². The van der Waals surface area contributed by atoms with E-state index in [2.05, 4.69) is 42.6 Å². The third-order valence-corrected chi connectivity index (χ3v) is 6.11. The zero-order chi connectivity index (χ0) is 22.8. The summed E-state index contributed by atoms with van der Waals surface area (Å²) < 4.78 is 11.3. The summed E-state index contributed by atoms with van der Waals surface area (Å²) >= 11 is 6.17. The van der Waals surface area contributed by atoms with Crippen molar-refractivity contribution in [2.45, 2.75) is 46.6 Å². The molecular weight excluding hydrogens is 418 g/mol. The number of nitrogens with two attached hydrogens (primary N) is 2. The van der Waals surface area contributed by atoms with E-state index < -0.39 is 6.09 Å². The van der Waals surface area contributed by atoms with Crippen LogP contribution in [0.4, 0.5) is 16.3 Å². The number of ether oxygens (including phenoxy) is 2. The van der Waals surface area contributed by atoms with Crippen LogP contribution in [-0.2, 0) is 4.74 Å². The van der Waals surface area contributed by atoms with Crippen molar-refractivity contribution in [2.24, 2.45) is 16.6 Å². The minimum Gasteiger partial charge on any atom is -0.445 e. The van der Waals surface area contributed by atoms with E-state index in [1.807, 2.05) is 0 Å². The van der Waals surface area contributed by atoms with Crippen molar-refractivity contribution in [1.82, 2.24) is 9.97 Å². The Labute approximate surface area is 187 Å². The van der Waals surface area contributed by atoms with Crippen molar-refractivity contribution in [3.8, 4) is 11.6 Å². The predicted octanol–water partition coefficient (Wildman–Crippen LogP) is 4.62. The van der Waals surface area contributed by atoms with Crippen LogP contribution >= 0.6 is 11.6 Å². The van der Waals surface area contributed by atoms with E-state index in [9.17, 15) is 4.79 Å².